The Morgan fingerprint density at radius 1 is 1.23 bits per heavy atom. The standard InChI is InChI=1S/C21H22FN3O4S/c1-13-17-10-14(18-12-23-19-11-15(22)3-4-16(18)19)2-5-20(17)30(27,28)25(13)7-6-24-8-9-29-21(24)26/h2-5,10-13,23,27-28H,6-9H2,1H3. The first-order valence-corrected chi connectivity index (χ1v) is 11.2. The molecule has 0 spiro atoms. The van der Waals surface area contributed by atoms with E-state index in [1.807, 2.05) is 25.3 Å². The first-order valence-electron chi connectivity index (χ1n) is 9.74. The summed E-state index contributed by atoms with van der Waals surface area (Å²) in [4.78, 5) is 16.9. The molecule has 1 atom stereocenters. The van der Waals surface area contributed by atoms with Gasteiger partial charge in [0, 0.05) is 35.8 Å². The van der Waals surface area contributed by atoms with E-state index in [4.69, 9.17) is 4.74 Å². The molecule has 1 amide bonds. The first kappa shape index (κ1) is 19.4. The molecule has 2 aliphatic heterocycles. The predicted molar refractivity (Wildman–Crippen MR) is 113 cm³/mol. The van der Waals surface area contributed by atoms with Crippen LogP contribution in [0.2, 0.25) is 0 Å². The second kappa shape index (κ2) is 6.98. The summed E-state index contributed by atoms with van der Waals surface area (Å²) in [6.07, 6.45) is 1.47. The second-order valence-electron chi connectivity index (χ2n) is 7.58. The van der Waals surface area contributed by atoms with Crippen LogP contribution in [0.3, 0.4) is 0 Å². The van der Waals surface area contributed by atoms with E-state index in [1.54, 1.807) is 21.3 Å². The van der Waals surface area contributed by atoms with Gasteiger partial charge in [-0.1, -0.05) is 6.07 Å². The molecule has 2 aromatic carbocycles. The van der Waals surface area contributed by atoms with Crippen LogP contribution in [0.1, 0.15) is 18.5 Å². The number of nitrogens with one attached hydrogen (secondary N) is 1. The highest BCUT2D eigenvalue weighted by Gasteiger charge is 2.41. The zero-order chi connectivity index (χ0) is 21.0. The average Bonchev–Trinajstić information content (AvgIpc) is 3.37. The van der Waals surface area contributed by atoms with Gasteiger partial charge in [0.15, 0.2) is 0 Å². The lowest BCUT2D eigenvalue weighted by Gasteiger charge is -2.39. The minimum absolute atomic E-state index is 0.230. The van der Waals surface area contributed by atoms with Crippen molar-refractivity contribution >= 4 is 27.8 Å². The van der Waals surface area contributed by atoms with Crippen molar-refractivity contribution in [2.75, 3.05) is 26.2 Å². The molecule has 2 aliphatic rings. The lowest BCUT2D eigenvalue weighted by molar-refractivity contribution is 0.155. The van der Waals surface area contributed by atoms with E-state index in [-0.39, 0.29) is 18.0 Å². The monoisotopic (exact) mass is 431 g/mol. The van der Waals surface area contributed by atoms with Gasteiger partial charge in [0.25, 0.3) is 0 Å². The van der Waals surface area contributed by atoms with Crippen molar-refractivity contribution in [3.05, 3.63) is 54.0 Å². The van der Waals surface area contributed by atoms with Crippen LogP contribution in [0.25, 0.3) is 22.0 Å². The number of ether oxygens (including phenoxy) is 1. The van der Waals surface area contributed by atoms with E-state index in [9.17, 15) is 18.3 Å². The molecule has 3 heterocycles. The number of hydrogen-bond donors (Lipinski definition) is 3. The topological polar surface area (TPSA) is 89.0 Å². The fourth-order valence-electron chi connectivity index (χ4n) is 4.30. The summed E-state index contributed by atoms with van der Waals surface area (Å²) in [5, 5.41) is 0.901. The summed E-state index contributed by atoms with van der Waals surface area (Å²) in [5.41, 5.74) is 3.39. The SMILES string of the molecule is CC1c2cc(-c3c[nH]c4cc(F)ccc34)ccc2S(O)(O)N1CCN1CCOC1=O. The van der Waals surface area contributed by atoms with E-state index in [0.29, 0.717) is 36.7 Å². The predicted octanol–water partition coefficient (Wildman–Crippen LogP) is 4.83. The van der Waals surface area contributed by atoms with Crippen molar-refractivity contribution in [1.29, 1.82) is 0 Å². The van der Waals surface area contributed by atoms with Gasteiger partial charge < -0.3 is 14.6 Å². The maximum absolute atomic E-state index is 13.5. The van der Waals surface area contributed by atoms with Crippen LogP contribution in [-0.4, -0.2) is 55.6 Å². The zero-order valence-electron chi connectivity index (χ0n) is 16.3. The fraction of sp³-hybridized carbons (Fsp3) is 0.286. The van der Waals surface area contributed by atoms with Gasteiger partial charge in [-0.2, -0.15) is 4.31 Å². The Bertz CT molecular complexity index is 1150. The molecule has 0 aliphatic carbocycles. The molecule has 1 aromatic heterocycles. The van der Waals surface area contributed by atoms with Crippen LogP contribution in [0.5, 0.6) is 0 Å². The van der Waals surface area contributed by atoms with Crippen molar-refractivity contribution in [3.63, 3.8) is 0 Å². The van der Waals surface area contributed by atoms with Crippen LogP contribution in [0.15, 0.2) is 47.5 Å². The second-order valence-corrected chi connectivity index (χ2v) is 9.53. The Hall–Kier alpha value is -2.59. The van der Waals surface area contributed by atoms with Gasteiger partial charge in [-0.05, 0) is 48.4 Å². The number of halogens is 1. The fourth-order valence-corrected chi connectivity index (χ4v) is 6.24. The number of benzene rings is 2. The van der Waals surface area contributed by atoms with Crippen LogP contribution in [0.4, 0.5) is 9.18 Å². The molecule has 1 saturated heterocycles. The number of fused-ring (bicyclic) bond motifs is 2. The van der Waals surface area contributed by atoms with E-state index in [1.165, 1.54) is 12.1 Å². The zero-order valence-corrected chi connectivity index (χ0v) is 17.2. The number of amides is 1. The third kappa shape index (κ3) is 2.97. The number of H-pyrrole nitrogens is 1. The Balaban J connectivity index is 1.46. The molecule has 0 radical (unpaired) electrons. The Morgan fingerprint density at radius 2 is 2.07 bits per heavy atom. The molecular weight excluding hydrogens is 409 g/mol. The van der Waals surface area contributed by atoms with Gasteiger partial charge in [-0.15, -0.1) is 10.8 Å². The van der Waals surface area contributed by atoms with Crippen molar-refractivity contribution in [2.24, 2.45) is 0 Å². The molecule has 7 nitrogen and oxygen atoms in total. The Morgan fingerprint density at radius 3 is 2.83 bits per heavy atom. The molecule has 9 heteroatoms. The lowest BCUT2D eigenvalue weighted by atomic mass is 9.99. The molecule has 1 unspecified atom stereocenters. The molecule has 5 rings (SSSR count). The molecule has 3 aromatic rings. The highest BCUT2D eigenvalue weighted by Crippen LogP contribution is 2.63. The summed E-state index contributed by atoms with van der Waals surface area (Å²) >= 11 is 0. The number of rotatable bonds is 4. The van der Waals surface area contributed by atoms with Gasteiger partial charge in [0.1, 0.15) is 12.4 Å². The van der Waals surface area contributed by atoms with Crippen molar-refractivity contribution in [1.82, 2.24) is 14.2 Å². The normalized spacial score (nSPS) is 21.8. The molecule has 0 saturated carbocycles. The largest absolute Gasteiger partial charge is 0.448 e. The highest BCUT2D eigenvalue weighted by atomic mass is 32.3. The summed E-state index contributed by atoms with van der Waals surface area (Å²) in [7, 11) is -3.14. The molecule has 30 heavy (non-hydrogen) atoms. The Kier molecular flexibility index (Phi) is 4.51. The lowest BCUT2D eigenvalue weighted by Crippen LogP contribution is -2.35. The quantitative estimate of drug-likeness (QED) is 0.551. The molecule has 1 fully saturated rings. The van der Waals surface area contributed by atoms with Crippen molar-refractivity contribution < 1.29 is 23.0 Å². The minimum atomic E-state index is -3.14. The highest BCUT2D eigenvalue weighted by molar-refractivity contribution is 8.22. The van der Waals surface area contributed by atoms with Gasteiger partial charge in [-0.25, -0.2) is 9.18 Å². The van der Waals surface area contributed by atoms with Crippen molar-refractivity contribution in [3.8, 4) is 11.1 Å². The molecule has 0 bridgehead atoms. The van der Waals surface area contributed by atoms with Crippen LogP contribution >= 0.6 is 10.8 Å². The summed E-state index contributed by atoms with van der Waals surface area (Å²) in [6.45, 7) is 3.50. The summed E-state index contributed by atoms with van der Waals surface area (Å²) < 4.78 is 41.9. The molecular formula is C21H22FN3O4S. The number of hydrogen-bond acceptors (Lipinski definition) is 5. The maximum atomic E-state index is 13.5. The number of aromatic amines is 1. The van der Waals surface area contributed by atoms with Gasteiger partial charge in [-0.3, -0.25) is 9.11 Å². The van der Waals surface area contributed by atoms with E-state index in [2.05, 4.69) is 4.98 Å². The van der Waals surface area contributed by atoms with Gasteiger partial charge in [0.05, 0.1) is 17.5 Å². The third-order valence-electron chi connectivity index (χ3n) is 5.90. The summed E-state index contributed by atoms with van der Waals surface area (Å²) in [6, 6.07) is 9.96. The molecule has 158 valence electrons. The van der Waals surface area contributed by atoms with Gasteiger partial charge in [0.2, 0.25) is 0 Å². The van der Waals surface area contributed by atoms with E-state index in [0.717, 1.165) is 22.1 Å². The number of cyclic esters (lactones) is 1. The Labute approximate surface area is 174 Å². The number of carbonyl (C=O) groups excluding carboxylic acids is 1. The van der Waals surface area contributed by atoms with Crippen LogP contribution in [-0.2, 0) is 4.74 Å². The number of carbonyl (C=O) groups is 1. The minimum Gasteiger partial charge on any atom is -0.448 e. The van der Waals surface area contributed by atoms with E-state index < -0.39 is 10.8 Å². The average molecular weight is 431 g/mol. The van der Waals surface area contributed by atoms with Crippen LogP contribution < -0.4 is 0 Å². The van der Waals surface area contributed by atoms with Crippen LogP contribution in [0, 0.1) is 5.82 Å². The summed E-state index contributed by atoms with van der Waals surface area (Å²) in [5.74, 6) is -0.301. The number of nitrogens with zero attached hydrogens (tertiary/aromatic N) is 2. The molecule has 3 N–H and O–H groups in total. The number of aromatic nitrogens is 1. The maximum Gasteiger partial charge on any atom is 0.409 e. The van der Waals surface area contributed by atoms with Crippen molar-refractivity contribution in [2.45, 2.75) is 17.9 Å². The first-order chi connectivity index (χ1) is 14.4. The van der Waals surface area contributed by atoms with Gasteiger partial charge >= 0.3 is 6.09 Å². The third-order valence-corrected chi connectivity index (χ3v) is 8.02. The smallest absolute Gasteiger partial charge is 0.409 e. The van der Waals surface area contributed by atoms with E-state index >= 15 is 0 Å².